The third-order valence-corrected chi connectivity index (χ3v) is 5.92. The SMILES string of the molecule is COC(=O)c1c(C)oc(NC(=O)c2ccc([N+](=O)[O-])c(C)c2)c1-c1nc2ccccc2s1. The fourth-order valence-electron chi connectivity index (χ4n) is 3.34. The van der Waals surface area contributed by atoms with Crippen molar-refractivity contribution in [1.29, 1.82) is 0 Å². The third-order valence-electron chi connectivity index (χ3n) is 4.86. The molecular weight excluding hydrogens is 434 g/mol. The van der Waals surface area contributed by atoms with Crippen molar-refractivity contribution in [2.45, 2.75) is 13.8 Å². The molecule has 2 heterocycles. The number of hydrogen-bond acceptors (Lipinski definition) is 8. The van der Waals surface area contributed by atoms with Gasteiger partial charge in [-0.3, -0.25) is 20.2 Å². The van der Waals surface area contributed by atoms with Gasteiger partial charge in [-0.1, -0.05) is 12.1 Å². The fourth-order valence-corrected chi connectivity index (χ4v) is 4.35. The highest BCUT2D eigenvalue weighted by Crippen LogP contribution is 2.40. The molecule has 0 spiro atoms. The van der Waals surface area contributed by atoms with Gasteiger partial charge in [-0.15, -0.1) is 11.3 Å². The zero-order valence-corrected chi connectivity index (χ0v) is 18.1. The van der Waals surface area contributed by atoms with Gasteiger partial charge in [0.25, 0.3) is 11.6 Å². The van der Waals surface area contributed by atoms with E-state index in [9.17, 15) is 19.7 Å². The van der Waals surface area contributed by atoms with Crippen LogP contribution in [0.15, 0.2) is 46.9 Å². The van der Waals surface area contributed by atoms with E-state index in [1.165, 1.54) is 36.6 Å². The van der Waals surface area contributed by atoms with Crippen LogP contribution in [-0.2, 0) is 4.74 Å². The molecule has 0 radical (unpaired) electrons. The molecule has 2 aromatic heterocycles. The molecule has 1 amide bonds. The van der Waals surface area contributed by atoms with E-state index in [-0.39, 0.29) is 28.5 Å². The quantitative estimate of drug-likeness (QED) is 0.254. The van der Waals surface area contributed by atoms with Gasteiger partial charge in [-0.25, -0.2) is 9.78 Å². The fraction of sp³-hybridized carbons (Fsp3) is 0.136. The van der Waals surface area contributed by atoms with Gasteiger partial charge in [0.15, 0.2) is 0 Å². The molecule has 4 rings (SSSR count). The lowest BCUT2D eigenvalue weighted by Gasteiger charge is -2.06. The standard InChI is InChI=1S/C22H17N3O6S/c1-11-10-13(8-9-15(11)25(28)29)19(26)24-20-18(17(12(2)31-20)22(27)30-3)21-23-14-6-4-5-7-16(14)32-21/h4-10H,1-3H3,(H,24,26). The number of nitrogens with zero attached hydrogens (tertiary/aromatic N) is 2. The second-order valence-electron chi connectivity index (χ2n) is 6.93. The van der Waals surface area contributed by atoms with Crippen LogP contribution in [0, 0.1) is 24.0 Å². The number of carbonyl (C=O) groups excluding carboxylic acids is 2. The first kappa shape index (κ1) is 21.2. The molecule has 162 valence electrons. The monoisotopic (exact) mass is 451 g/mol. The smallest absolute Gasteiger partial charge is 0.342 e. The van der Waals surface area contributed by atoms with E-state index in [1.807, 2.05) is 24.3 Å². The molecule has 32 heavy (non-hydrogen) atoms. The Bertz CT molecular complexity index is 1350. The molecule has 0 saturated heterocycles. The molecule has 0 unspecified atom stereocenters. The van der Waals surface area contributed by atoms with Crippen molar-refractivity contribution < 1.29 is 23.7 Å². The summed E-state index contributed by atoms with van der Waals surface area (Å²) in [5, 5.41) is 14.2. The number of carbonyl (C=O) groups is 2. The number of hydrogen-bond donors (Lipinski definition) is 1. The first-order valence-corrected chi connectivity index (χ1v) is 10.3. The van der Waals surface area contributed by atoms with Crippen molar-refractivity contribution in [1.82, 2.24) is 4.98 Å². The van der Waals surface area contributed by atoms with Gasteiger partial charge < -0.3 is 9.15 Å². The van der Waals surface area contributed by atoms with Crippen molar-refractivity contribution in [2.75, 3.05) is 12.4 Å². The summed E-state index contributed by atoms with van der Waals surface area (Å²) in [6, 6.07) is 11.5. The third kappa shape index (κ3) is 3.71. The van der Waals surface area contributed by atoms with E-state index >= 15 is 0 Å². The number of nitro benzene ring substituents is 1. The Morgan fingerprint density at radius 2 is 1.94 bits per heavy atom. The minimum atomic E-state index is -0.618. The number of ether oxygens (including phenoxy) is 1. The van der Waals surface area contributed by atoms with Gasteiger partial charge in [0.1, 0.15) is 16.3 Å². The number of aryl methyl sites for hydroxylation is 2. The summed E-state index contributed by atoms with van der Waals surface area (Å²) < 4.78 is 11.5. The van der Waals surface area contributed by atoms with Crippen LogP contribution in [0.2, 0.25) is 0 Å². The van der Waals surface area contributed by atoms with Crippen LogP contribution in [0.25, 0.3) is 20.8 Å². The molecular formula is C22H17N3O6S. The number of fused-ring (bicyclic) bond motifs is 1. The van der Waals surface area contributed by atoms with Crippen molar-refractivity contribution >= 4 is 45.0 Å². The Labute approximate surface area is 185 Å². The molecule has 0 aliphatic carbocycles. The highest BCUT2D eigenvalue weighted by molar-refractivity contribution is 7.21. The summed E-state index contributed by atoms with van der Waals surface area (Å²) in [6.07, 6.45) is 0. The number of esters is 1. The Balaban J connectivity index is 1.79. The van der Waals surface area contributed by atoms with Gasteiger partial charge in [0.2, 0.25) is 5.88 Å². The average molecular weight is 451 g/mol. The molecule has 0 bridgehead atoms. The summed E-state index contributed by atoms with van der Waals surface area (Å²) in [5.74, 6) is -0.855. The number of rotatable bonds is 5. The summed E-state index contributed by atoms with van der Waals surface area (Å²) in [5.41, 5.74) is 1.70. The van der Waals surface area contributed by atoms with Gasteiger partial charge >= 0.3 is 5.97 Å². The van der Waals surface area contributed by atoms with Gasteiger partial charge in [-0.2, -0.15) is 0 Å². The summed E-state index contributed by atoms with van der Waals surface area (Å²) >= 11 is 1.35. The minimum Gasteiger partial charge on any atom is -0.465 e. The number of nitrogens with one attached hydrogen (secondary N) is 1. The van der Waals surface area contributed by atoms with Crippen molar-refractivity contribution in [3.63, 3.8) is 0 Å². The van der Waals surface area contributed by atoms with Crippen molar-refractivity contribution in [2.24, 2.45) is 0 Å². The Morgan fingerprint density at radius 1 is 1.19 bits per heavy atom. The number of furan rings is 1. The van der Waals surface area contributed by atoms with Crippen LogP contribution in [0.3, 0.4) is 0 Å². The predicted molar refractivity (Wildman–Crippen MR) is 119 cm³/mol. The Hall–Kier alpha value is -4.05. The molecule has 0 aliphatic heterocycles. The number of thiazole rings is 1. The maximum atomic E-state index is 12.9. The molecule has 0 saturated carbocycles. The van der Waals surface area contributed by atoms with E-state index in [1.54, 1.807) is 13.8 Å². The lowest BCUT2D eigenvalue weighted by Crippen LogP contribution is -2.13. The molecule has 4 aromatic rings. The Kier molecular flexibility index (Phi) is 5.45. The molecule has 9 nitrogen and oxygen atoms in total. The number of anilines is 1. The van der Waals surface area contributed by atoms with E-state index in [0.717, 1.165) is 10.2 Å². The van der Waals surface area contributed by atoms with Crippen molar-refractivity contribution in [3.05, 3.63) is 75.0 Å². The van der Waals surface area contributed by atoms with Crippen LogP contribution in [0.1, 0.15) is 32.0 Å². The average Bonchev–Trinajstić information content (AvgIpc) is 3.33. The Morgan fingerprint density at radius 3 is 2.59 bits per heavy atom. The van der Waals surface area contributed by atoms with Gasteiger partial charge in [-0.05, 0) is 38.1 Å². The van der Waals surface area contributed by atoms with E-state index < -0.39 is 16.8 Å². The lowest BCUT2D eigenvalue weighted by molar-refractivity contribution is -0.385. The number of methoxy groups -OCH3 is 1. The van der Waals surface area contributed by atoms with E-state index in [0.29, 0.717) is 16.1 Å². The summed E-state index contributed by atoms with van der Waals surface area (Å²) in [4.78, 5) is 40.5. The molecule has 10 heteroatoms. The number of nitro groups is 1. The highest BCUT2D eigenvalue weighted by Gasteiger charge is 2.29. The first-order chi connectivity index (χ1) is 15.3. The number of aromatic nitrogens is 1. The maximum Gasteiger partial charge on any atom is 0.342 e. The summed E-state index contributed by atoms with van der Waals surface area (Å²) in [7, 11) is 1.26. The second kappa shape index (κ2) is 8.23. The largest absolute Gasteiger partial charge is 0.465 e. The highest BCUT2D eigenvalue weighted by atomic mass is 32.1. The minimum absolute atomic E-state index is 0.0444. The molecule has 0 atom stereocenters. The molecule has 0 aliphatic rings. The second-order valence-corrected chi connectivity index (χ2v) is 7.96. The number of para-hydroxylation sites is 1. The lowest BCUT2D eigenvalue weighted by atomic mass is 10.1. The van der Waals surface area contributed by atoms with Crippen LogP contribution in [-0.4, -0.2) is 28.9 Å². The molecule has 2 aromatic carbocycles. The van der Waals surface area contributed by atoms with Gasteiger partial charge in [0, 0.05) is 17.2 Å². The first-order valence-electron chi connectivity index (χ1n) is 9.44. The summed E-state index contributed by atoms with van der Waals surface area (Å²) in [6.45, 7) is 3.14. The maximum absolute atomic E-state index is 12.9. The topological polar surface area (TPSA) is 125 Å². The van der Waals surface area contributed by atoms with E-state index in [2.05, 4.69) is 10.3 Å². The normalized spacial score (nSPS) is 10.8. The molecule has 0 fully saturated rings. The molecule has 1 N–H and O–H groups in total. The zero-order valence-electron chi connectivity index (χ0n) is 17.3. The zero-order chi connectivity index (χ0) is 23.0. The number of benzene rings is 2. The van der Waals surface area contributed by atoms with Crippen LogP contribution in [0.4, 0.5) is 11.6 Å². The number of amides is 1. The van der Waals surface area contributed by atoms with Crippen LogP contribution in [0.5, 0.6) is 0 Å². The predicted octanol–water partition coefficient (Wildman–Crippen LogP) is 5.12. The van der Waals surface area contributed by atoms with Crippen molar-refractivity contribution in [3.8, 4) is 10.6 Å². The van der Waals surface area contributed by atoms with Crippen LogP contribution < -0.4 is 5.32 Å². The van der Waals surface area contributed by atoms with E-state index in [4.69, 9.17) is 9.15 Å². The van der Waals surface area contributed by atoms with Crippen LogP contribution >= 0.6 is 11.3 Å². The van der Waals surface area contributed by atoms with Gasteiger partial charge in [0.05, 0.1) is 27.8 Å².